The van der Waals surface area contributed by atoms with Gasteiger partial charge in [-0.05, 0) is 57.2 Å². The summed E-state index contributed by atoms with van der Waals surface area (Å²) in [5.41, 5.74) is 0.655. The number of hydrogen-bond donors (Lipinski definition) is 1. The minimum atomic E-state index is -0.405. The standard InChI is InChI=1S/C17H25ClN2O/c1-4-15-7-5-6-12-20(15)16(21)19-17(2,3)13-8-10-14(18)11-9-13/h8-11,15H,4-7,12H2,1-3H3,(H,19,21). The molecule has 1 aromatic rings. The lowest BCUT2D eigenvalue weighted by molar-refractivity contribution is 0.140. The van der Waals surface area contributed by atoms with Gasteiger partial charge in [0.15, 0.2) is 0 Å². The van der Waals surface area contributed by atoms with Crippen molar-refractivity contribution >= 4 is 17.6 Å². The van der Waals surface area contributed by atoms with E-state index in [9.17, 15) is 4.79 Å². The Labute approximate surface area is 132 Å². The fraction of sp³-hybridized carbons (Fsp3) is 0.588. The molecule has 0 aromatic heterocycles. The molecule has 2 amide bonds. The number of carbonyl (C=O) groups excluding carboxylic acids is 1. The average molecular weight is 309 g/mol. The van der Waals surface area contributed by atoms with Gasteiger partial charge in [0, 0.05) is 17.6 Å². The lowest BCUT2D eigenvalue weighted by atomic mass is 9.94. The van der Waals surface area contributed by atoms with Crippen molar-refractivity contribution in [2.45, 2.75) is 58.0 Å². The van der Waals surface area contributed by atoms with Gasteiger partial charge in [0.05, 0.1) is 5.54 Å². The summed E-state index contributed by atoms with van der Waals surface area (Å²) in [6, 6.07) is 8.08. The second-order valence-corrected chi connectivity index (χ2v) is 6.75. The first-order valence-corrected chi connectivity index (χ1v) is 8.16. The molecule has 1 fully saturated rings. The number of halogens is 1. The van der Waals surface area contributed by atoms with E-state index in [0.717, 1.165) is 31.4 Å². The van der Waals surface area contributed by atoms with E-state index in [2.05, 4.69) is 12.2 Å². The van der Waals surface area contributed by atoms with Crippen molar-refractivity contribution in [3.63, 3.8) is 0 Å². The maximum Gasteiger partial charge on any atom is 0.318 e. The molecular formula is C17H25ClN2O. The lowest BCUT2D eigenvalue weighted by Crippen LogP contribution is -2.53. The third-order valence-corrected chi connectivity index (χ3v) is 4.60. The number of urea groups is 1. The van der Waals surface area contributed by atoms with E-state index in [1.165, 1.54) is 6.42 Å². The van der Waals surface area contributed by atoms with E-state index in [4.69, 9.17) is 11.6 Å². The van der Waals surface area contributed by atoms with Crippen molar-refractivity contribution in [3.05, 3.63) is 34.9 Å². The topological polar surface area (TPSA) is 32.3 Å². The number of likely N-dealkylation sites (tertiary alicyclic amines) is 1. The van der Waals surface area contributed by atoms with Crippen molar-refractivity contribution in [1.82, 2.24) is 10.2 Å². The monoisotopic (exact) mass is 308 g/mol. The molecule has 21 heavy (non-hydrogen) atoms. The Kier molecular flexibility index (Phi) is 5.15. The highest BCUT2D eigenvalue weighted by Crippen LogP contribution is 2.24. The summed E-state index contributed by atoms with van der Waals surface area (Å²) in [4.78, 5) is 14.6. The van der Waals surface area contributed by atoms with Crippen LogP contribution in [0.2, 0.25) is 5.02 Å². The maximum atomic E-state index is 12.6. The van der Waals surface area contributed by atoms with Crippen LogP contribution in [0.5, 0.6) is 0 Å². The third-order valence-electron chi connectivity index (χ3n) is 4.34. The van der Waals surface area contributed by atoms with Gasteiger partial charge in [-0.15, -0.1) is 0 Å². The van der Waals surface area contributed by atoms with Gasteiger partial charge in [0.2, 0.25) is 0 Å². The van der Waals surface area contributed by atoms with Gasteiger partial charge in [0.1, 0.15) is 0 Å². The number of amides is 2. The molecule has 1 aromatic carbocycles. The number of nitrogens with one attached hydrogen (secondary N) is 1. The first-order chi connectivity index (χ1) is 9.94. The zero-order chi connectivity index (χ0) is 15.5. The van der Waals surface area contributed by atoms with Gasteiger partial charge in [-0.3, -0.25) is 0 Å². The van der Waals surface area contributed by atoms with Crippen LogP contribution in [-0.2, 0) is 5.54 Å². The van der Waals surface area contributed by atoms with E-state index >= 15 is 0 Å². The van der Waals surface area contributed by atoms with E-state index in [0.29, 0.717) is 11.1 Å². The average Bonchev–Trinajstić information content (AvgIpc) is 2.47. The predicted octanol–water partition coefficient (Wildman–Crippen LogP) is 4.55. The van der Waals surface area contributed by atoms with Crippen molar-refractivity contribution in [2.24, 2.45) is 0 Å². The number of hydrogen-bond acceptors (Lipinski definition) is 1. The highest BCUT2D eigenvalue weighted by Gasteiger charge is 2.30. The zero-order valence-electron chi connectivity index (χ0n) is 13.2. The molecule has 0 spiro atoms. The Bertz CT molecular complexity index is 484. The molecule has 3 nitrogen and oxygen atoms in total. The number of benzene rings is 1. The number of piperidine rings is 1. The van der Waals surface area contributed by atoms with Crippen molar-refractivity contribution in [3.8, 4) is 0 Å². The van der Waals surface area contributed by atoms with Gasteiger partial charge in [-0.1, -0.05) is 30.7 Å². The van der Waals surface area contributed by atoms with E-state index in [1.807, 2.05) is 43.0 Å². The first kappa shape index (κ1) is 16.2. The van der Waals surface area contributed by atoms with Crippen molar-refractivity contribution in [1.29, 1.82) is 0 Å². The van der Waals surface area contributed by atoms with Crippen LogP contribution >= 0.6 is 11.6 Å². The van der Waals surface area contributed by atoms with E-state index < -0.39 is 5.54 Å². The Morgan fingerprint density at radius 2 is 2.00 bits per heavy atom. The molecular weight excluding hydrogens is 284 g/mol. The van der Waals surface area contributed by atoms with E-state index in [-0.39, 0.29) is 6.03 Å². The number of nitrogens with zero attached hydrogens (tertiary/aromatic N) is 1. The molecule has 0 aliphatic carbocycles. The molecule has 0 bridgehead atoms. The minimum Gasteiger partial charge on any atom is -0.329 e. The van der Waals surface area contributed by atoms with Gasteiger partial charge in [0.25, 0.3) is 0 Å². The van der Waals surface area contributed by atoms with Gasteiger partial charge in [-0.2, -0.15) is 0 Å². The summed E-state index contributed by atoms with van der Waals surface area (Å²) in [5.74, 6) is 0. The molecule has 1 aliphatic heterocycles. The molecule has 2 rings (SSSR count). The predicted molar refractivity (Wildman–Crippen MR) is 87.6 cm³/mol. The van der Waals surface area contributed by atoms with Crippen LogP contribution in [0, 0.1) is 0 Å². The van der Waals surface area contributed by atoms with E-state index in [1.54, 1.807) is 0 Å². The fourth-order valence-electron chi connectivity index (χ4n) is 2.97. The molecule has 1 unspecified atom stereocenters. The maximum absolute atomic E-state index is 12.6. The van der Waals surface area contributed by atoms with Crippen LogP contribution in [-0.4, -0.2) is 23.5 Å². The SMILES string of the molecule is CCC1CCCCN1C(=O)NC(C)(C)c1ccc(Cl)cc1. The highest BCUT2D eigenvalue weighted by atomic mass is 35.5. The number of rotatable bonds is 3. The summed E-state index contributed by atoms with van der Waals surface area (Å²) < 4.78 is 0. The normalized spacial score (nSPS) is 19.4. The van der Waals surface area contributed by atoms with Gasteiger partial charge in [-0.25, -0.2) is 4.79 Å². The van der Waals surface area contributed by atoms with Crippen LogP contribution in [0.1, 0.15) is 52.0 Å². The molecule has 116 valence electrons. The van der Waals surface area contributed by atoms with Crippen molar-refractivity contribution < 1.29 is 4.79 Å². The molecule has 1 saturated heterocycles. The Balaban J connectivity index is 2.08. The van der Waals surface area contributed by atoms with Gasteiger partial charge < -0.3 is 10.2 Å². The quantitative estimate of drug-likeness (QED) is 0.873. The molecule has 1 N–H and O–H groups in total. The number of carbonyl (C=O) groups is 1. The third kappa shape index (κ3) is 3.91. The summed E-state index contributed by atoms with van der Waals surface area (Å²) in [6.07, 6.45) is 4.47. The largest absolute Gasteiger partial charge is 0.329 e. The van der Waals surface area contributed by atoms with Crippen LogP contribution in [0.25, 0.3) is 0 Å². The smallest absolute Gasteiger partial charge is 0.318 e. The minimum absolute atomic E-state index is 0.0431. The van der Waals surface area contributed by atoms with Crippen LogP contribution in [0.4, 0.5) is 4.79 Å². The highest BCUT2D eigenvalue weighted by molar-refractivity contribution is 6.30. The summed E-state index contributed by atoms with van der Waals surface area (Å²) in [5, 5.41) is 3.88. The second-order valence-electron chi connectivity index (χ2n) is 6.31. The first-order valence-electron chi connectivity index (χ1n) is 7.79. The zero-order valence-corrected chi connectivity index (χ0v) is 13.9. The molecule has 1 heterocycles. The fourth-order valence-corrected chi connectivity index (χ4v) is 3.10. The Morgan fingerprint density at radius 1 is 1.33 bits per heavy atom. The summed E-state index contributed by atoms with van der Waals surface area (Å²) >= 11 is 5.93. The molecule has 0 radical (unpaired) electrons. The molecule has 1 atom stereocenters. The molecule has 1 aliphatic rings. The lowest BCUT2D eigenvalue weighted by Gasteiger charge is -2.38. The van der Waals surface area contributed by atoms with Crippen LogP contribution < -0.4 is 5.32 Å². The van der Waals surface area contributed by atoms with Crippen LogP contribution in [0.15, 0.2) is 24.3 Å². The molecule has 0 saturated carbocycles. The summed E-state index contributed by atoms with van der Waals surface area (Å²) in [7, 11) is 0. The Hall–Kier alpha value is -1.22. The molecule has 4 heteroatoms. The Morgan fingerprint density at radius 3 is 2.62 bits per heavy atom. The van der Waals surface area contributed by atoms with Gasteiger partial charge >= 0.3 is 6.03 Å². The van der Waals surface area contributed by atoms with Crippen LogP contribution in [0.3, 0.4) is 0 Å². The summed E-state index contributed by atoms with van der Waals surface area (Å²) in [6.45, 7) is 7.07. The second kappa shape index (κ2) is 6.69. The van der Waals surface area contributed by atoms with Crippen molar-refractivity contribution in [2.75, 3.05) is 6.54 Å².